The first-order valence-corrected chi connectivity index (χ1v) is 6.47. The molecule has 0 heterocycles. The number of ether oxygens (including phenoxy) is 3. The summed E-state index contributed by atoms with van der Waals surface area (Å²) in [5.41, 5.74) is 0.218. The maximum Gasteiger partial charge on any atom is 0.304 e. The molecule has 0 bridgehead atoms. The molecule has 20 heavy (non-hydrogen) atoms. The molecule has 0 aliphatic heterocycles. The van der Waals surface area contributed by atoms with Crippen molar-refractivity contribution in [3.8, 4) is 17.2 Å². The van der Waals surface area contributed by atoms with E-state index in [0.29, 0.717) is 23.9 Å². The SMILES string of the molecule is CCOc1c(C(C)(C)CC(=O)O)ccc(OC)c1OC. The molecule has 0 atom stereocenters. The molecule has 0 aliphatic rings. The Morgan fingerprint density at radius 1 is 1.20 bits per heavy atom. The molecule has 0 aliphatic carbocycles. The number of rotatable bonds is 7. The molecule has 0 fully saturated rings. The average molecular weight is 282 g/mol. The smallest absolute Gasteiger partial charge is 0.304 e. The molecule has 0 unspecified atom stereocenters. The molecule has 0 saturated heterocycles. The summed E-state index contributed by atoms with van der Waals surface area (Å²) in [7, 11) is 3.09. The topological polar surface area (TPSA) is 65.0 Å². The van der Waals surface area contributed by atoms with Gasteiger partial charge < -0.3 is 19.3 Å². The zero-order valence-corrected chi connectivity index (χ0v) is 12.6. The van der Waals surface area contributed by atoms with Crippen LogP contribution in [0.1, 0.15) is 32.8 Å². The summed E-state index contributed by atoms with van der Waals surface area (Å²) in [6, 6.07) is 3.59. The highest BCUT2D eigenvalue weighted by molar-refractivity contribution is 5.70. The fraction of sp³-hybridized carbons (Fsp3) is 0.533. The Labute approximate surface area is 119 Å². The highest BCUT2D eigenvalue weighted by Crippen LogP contribution is 2.45. The predicted molar refractivity (Wildman–Crippen MR) is 76.0 cm³/mol. The molecule has 5 nitrogen and oxygen atoms in total. The number of benzene rings is 1. The lowest BCUT2D eigenvalue weighted by molar-refractivity contribution is -0.138. The van der Waals surface area contributed by atoms with E-state index in [2.05, 4.69) is 0 Å². The van der Waals surface area contributed by atoms with Crippen LogP contribution < -0.4 is 14.2 Å². The van der Waals surface area contributed by atoms with Gasteiger partial charge in [-0.3, -0.25) is 4.79 Å². The second-order valence-electron chi connectivity index (χ2n) is 5.07. The first kappa shape index (κ1) is 16.1. The molecule has 1 aromatic rings. The molecule has 1 aromatic carbocycles. The third kappa shape index (κ3) is 3.35. The fourth-order valence-corrected chi connectivity index (χ4v) is 2.19. The van der Waals surface area contributed by atoms with Gasteiger partial charge in [-0.2, -0.15) is 0 Å². The summed E-state index contributed by atoms with van der Waals surface area (Å²) in [5.74, 6) is 0.740. The average Bonchev–Trinajstić information content (AvgIpc) is 2.36. The van der Waals surface area contributed by atoms with E-state index in [-0.39, 0.29) is 6.42 Å². The van der Waals surface area contributed by atoms with Gasteiger partial charge in [0.25, 0.3) is 0 Å². The fourth-order valence-electron chi connectivity index (χ4n) is 2.19. The van der Waals surface area contributed by atoms with Crippen LogP contribution in [0.25, 0.3) is 0 Å². The molecular weight excluding hydrogens is 260 g/mol. The van der Waals surface area contributed by atoms with Crippen molar-refractivity contribution >= 4 is 5.97 Å². The molecule has 112 valence electrons. The number of methoxy groups -OCH3 is 2. The summed E-state index contributed by atoms with van der Waals surface area (Å²) >= 11 is 0. The Hall–Kier alpha value is -1.91. The minimum absolute atomic E-state index is 0.00254. The highest BCUT2D eigenvalue weighted by atomic mass is 16.5. The van der Waals surface area contributed by atoms with E-state index in [1.165, 1.54) is 7.11 Å². The molecule has 5 heteroatoms. The van der Waals surface area contributed by atoms with Gasteiger partial charge in [-0.1, -0.05) is 19.9 Å². The van der Waals surface area contributed by atoms with Gasteiger partial charge >= 0.3 is 5.97 Å². The van der Waals surface area contributed by atoms with Crippen molar-refractivity contribution in [3.05, 3.63) is 17.7 Å². The lowest BCUT2D eigenvalue weighted by Crippen LogP contribution is -2.23. The van der Waals surface area contributed by atoms with Crippen molar-refractivity contribution in [3.63, 3.8) is 0 Å². The van der Waals surface area contributed by atoms with Gasteiger partial charge in [-0.25, -0.2) is 0 Å². The third-order valence-corrected chi connectivity index (χ3v) is 3.11. The summed E-state index contributed by atoms with van der Waals surface area (Å²) in [6.45, 7) is 6.06. The maximum absolute atomic E-state index is 11.0. The summed E-state index contributed by atoms with van der Waals surface area (Å²) in [4.78, 5) is 11.0. The first-order chi connectivity index (χ1) is 9.37. The lowest BCUT2D eigenvalue weighted by atomic mass is 9.80. The molecule has 1 rings (SSSR count). The number of aliphatic carboxylic acids is 1. The molecule has 1 N–H and O–H groups in total. The summed E-state index contributed by atoms with van der Waals surface area (Å²) in [6.07, 6.45) is 0.00254. The maximum atomic E-state index is 11.0. The zero-order valence-electron chi connectivity index (χ0n) is 12.6. The Bertz CT molecular complexity index is 479. The highest BCUT2D eigenvalue weighted by Gasteiger charge is 2.30. The van der Waals surface area contributed by atoms with Crippen molar-refractivity contribution in [1.82, 2.24) is 0 Å². The Morgan fingerprint density at radius 3 is 2.30 bits per heavy atom. The summed E-state index contributed by atoms with van der Waals surface area (Å²) in [5, 5.41) is 9.06. The van der Waals surface area contributed by atoms with E-state index >= 15 is 0 Å². The second-order valence-corrected chi connectivity index (χ2v) is 5.07. The standard InChI is InChI=1S/C15H22O5/c1-6-20-13-10(15(2,3)9-12(16)17)7-8-11(18-4)14(13)19-5/h7-8H,6,9H2,1-5H3,(H,16,17). The zero-order chi connectivity index (χ0) is 15.3. The monoisotopic (exact) mass is 282 g/mol. The predicted octanol–water partition coefficient (Wildman–Crippen LogP) is 2.85. The van der Waals surface area contributed by atoms with Gasteiger partial charge in [0, 0.05) is 11.0 Å². The Morgan fingerprint density at radius 2 is 1.85 bits per heavy atom. The Kier molecular flexibility index (Phi) is 5.25. The van der Waals surface area contributed by atoms with Gasteiger partial charge in [0.05, 0.1) is 27.2 Å². The van der Waals surface area contributed by atoms with E-state index < -0.39 is 11.4 Å². The summed E-state index contributed by atoms with van der Waals surface area (Å²) < 4.78 is 16.3. The van der Waals surface area contributed by atoms with Crippen LogP contribution in [0.4, 0.5) is 0 Å². The van der Waals surface area contributed by atoms with Gasteiger partial charge in [-0.15, -0.1) is 0 Å². The largest absolute Gasteiger partial charge is 0.493 e. The van der Waals surface area contributed by atoms with E-state index in [9.17, 15) is 4.79 Å². The van der Waals surface area contributed by atoms with Crippen molar-refractivity contribution in [1.29, 1.82) is 0 Å². The number of carboxylic acid groups (broad SMARTS) is 1. The van der Waals surface area contributed by atoms with E-state index in [1.54, 1.807) is 13.2 Å². The second kappa shape index (κ2) is 6.50. The van der Waals surface area contributed by atoms with Crippen molar-refractivity contribution in [2.24, 2.45) is 0 Å². The van der Waals surface area contributed by atoms with Crippen LogP contribution >= 0.6 is 0 Å². The number of carbonyl (C=O) groups is 1. The van der Waals surface area contributed by atoms with E-state index in [0.717, 1.165) is 5.56 Å². The van der Waals surface area contributed by atoms with Crippen LogP contribution in [0.15, 0.2) is 12.1 Å². The van der Waals surface area contributed by atoms with Gasteiger partial charge in [0.15, 0.2) is 11.5 Å². The molecule has 0 spiro atoms. The minimum Gasteiger partial charge on any atom is -0.493 e. The molecule has 0 saturated carbocycles. The van der Waals surface area contributed by atoms with Gasteiger partial charge in [-0.05, 0) is 13.0 Å². The lowest BCUT2D eigenvalue weighted by Gasteiger charge is -2.27. The van der Waals surface area contributed by atoms with Crippen LogP contribution in [0.3, 0.4) is 0 Å². The van der Waals surface area contributed by atoms with Gasteiger partial charge in [0.2, 0.25) is 5.75 Å². The molecule has 0 aromatic heterocycles. The van der Waals surface area contributed by atoms with Crippen LogP contribution in [0, 0.1) is 0 Å². The van der Waals surface area contributed by atoms with Crippen molar-refractivity contribution in [2.45, 2.75) is 32.6 Å². The van der Waals surface area contributed by atoms with Crippen LogP contribution in [-0.4, -0.2) is 31.9 Å². The van der Waals surface area contributed by atoms with Crippen molar-refractivity contribution in [2.75, 3.05) is 20.8 Å². The van der Waals surface area contributed by atoms with E-state index in [1.807, 2.05) is 26.8 Å². The number of hydrogen-bond donors (Lipinski definition) is 1. The van der Waals surface area contributed by atoms with Crippen molar-refractivity contribution < 1.29 is 24.1 Å². The minimum atomic E-state index is -0.854. The van der Waals surface area contributed by atoms with Crippen LogP contribution in [-0.2, 0) is 10.2 Å². The number of hydrogen-bond acceptors (Lipinski definition) is 4. The molecular formula is C15H22O5. The van der Waals surface area contributed by atoms with E-state index in [4.69, 9.17) is 19.3 Å². The normalized spacial score (nSPS) is 11.1. The number of carboxylic acids is 1. The Balaban J connectivity index is 3.42. The first-order valence-electron chi connectivity index (χ1n) is 6.47. The van der Waals surface area contributed by atoms with Crippen LogP contribution in [0.2, 0.25) is 0 Å². The molecule has 0 amide bonds. The van der Waals surface area contributed by atoms with Gasteiger partial charge in [0.1, 0.15) is 0 Å². The third-order valence-electron chi connectivity index (χ3n) is 3.11. The molecule has 0 radical (unpaired) electrons. The van der Waals surface area contributed by atoms with Crippen LogP contribution in [0.5, 0.6) is 17.2 Å². The quantitative estimate of drug-likeness (QED) is 0.833.